The first-order valence-corrected chi connectivity index (χ1v) is 9.00. The lowest BCUT2D eigenvalue weighted by Gasteiger charge is -2.10. The number of pyridine rings is 1. The summed E-state index contributed by atoms with van der Waals surface area (Å²) in [5, 5.41) is 16.9. The van der Waals surface area contributed by atoms with E-state index in [2.05, 4.69) is 15.6 Å². The highest BCUT2D eigenvalue weighted by Crippen LogP contribution is 2.30. The van der Waals surface area contributed by atoms with E-state index in [1.54, 1.807) is 30.3 Å². The van der Waals surface area contributed by atoms with Crippen LogP contribution in [-0.2, 0) is 4.74 Å². The van der Waals surface area contributed by atoms with Crippen molar-refractivity contribution in [3.05, 3.63) is 60.4 Å². The quantitative estimate of drug-likeness (QED) is 0.431. The summed E-state index contributed by atoms with van der Waals surface area (Å²) in [5.74, 6) is -0.945. The van der Waals surface area contributed by atoms with Crippen molar-refractivity contribution in [1.29, 1.82) is 0 Å². The molecule has 3 aromatic rings. The van der Waals surface area contributed by atoms with Gasteiger partial charge in [-0.05, 0) is 30.7 Å². The number of aromatic hydroxyl groups is 1. The molecule has 3 N–H and O–H groups in total. The maximum Gasteiger partial charge on any atom is 0.360 e. The summed E-state index contributed by atoms with van der Waals surface area (Å²) >= 11 is 0. The number of para-hydroxylation sites is 1. The van der Waals surface area contributed by atoms with Crippen molar-refractivity contribution in [1.82, 2.24) is 4.98 Å². The number of fused-ring (bicyclic) bond motifs is 1. The average molecular weight is 379 g/mol. The Balaban J connectivity index is 1.78. The van der Waals surface area contributed by atoms with Gasteiger partial charge in [0, 0.05) is 28.3 Å². The van der Waals surface area contributed by atoms with Gasteiger partial charge in [-0.2, -0.15) is 0 Å². The number of carbonyl (C=O) groups is 2. The number of nitrogens with one attached hydrogen (secondary N) is 2. The number of aromatic nitrogens is 1. The van der Waals surface area contributed by atoms with Gasteiger partial charge in [0.25, 0.3) is 0 Å². The second-order valence-corrected chi connectivity index (χ2v) is 6.19. The highest BCUT2D eigenvalue weighted by atomic mass is 16.5. The number of unbranched alkanes of at least 4 members (excludes halogenated alkanes) is 1. The molecule has 0 spiro atoms. The molecule has 0 aliphatic carbocycles. The molecule has 3 rings (SSSR count). The van der Waals surface area contributed by atoms with Gasteiger partial charge >= 0.3 is 12.0 Å². The highest BCUT2D eigenvalue weighted by Gasteiger charge is 2.17. The SMILES string of the molecule is CCCCOC(=O)c1ncc2ccc(NC(=O)Nc3ccccc3)cc2c1O. The van der Waals surface area contributed by atoms with Crippen LogP contribution in [0.5, 0.6) is 5.75 Å². The van der Waals surface area contributed by atoms with E-state index < -0.39 is 12.0 Å². The number of nitrogens with zero attached hydrogens (tertiary/aromatic N) is 1. The van der Waals surface area contributed by atoms with E-state index in [1.807, 2.05) is 25.1 Å². The molecule has 28 heavy (non-hydrogen) atoms. The number of benzene rings is 2. The van der Waals surface area contributed by atoms with Gasteiger partial charge in [0.15, 0.2) is 11.4 Å². The van der Waals surface area contributed by atoms with Crippen molar-refractivity contribution >= 4 is 34.1 Å². The van der Waals surface area contributed by atoms with Gasteiger partial charge in [0.1, 0.15) is 0 Å². The van der Waals surface area contributed by atoms with E-state index in [-0.39, 0.29) is 18.1 Å². The second kappa shape index (κ2) is 8.85. The van der Waals surface area contributed by atoms with Gasteiger partial charge in [-0.1, -0.05) is 37.6 Å². The number of ether oxygens (including phenoxy) is 1. The Bertz CT molecular complexity index is 990. The maximum absolute atomic E-state index is 12.2. The van der Waals surface area contributed by atoms with E-state index in [1.165, 1.54) is 6.20 Å². The van der Waals surface area contributed by atoms with E-state index in [9.17, 15) is 14.7 Å². The van der Waals surface area contributed by atoms with Gasteiger partial charge in [-0.3, -0.25) is 0 Å². The average Bonchev–Trinajstić information content (AvgIpc) is 2.69. The standard InChI is InChI=1S/C21H21N3O4/c1-2-3-11-28-20(26)18-19(25)17-12-16(10-9-14(17)13-22-18)24-21(27)23-15-7-5-4-6-8-15/h4-10,12-13,25H,2-3,11H2,1H3,(H2,23,24,27). The molecule has 0 bridgehead atoms. The van der Waals surface area contributed by atoms with Crippen LogP contribution in [-0.4, -0.2) is 28.7 Å². The molecule has 1 aromatic heterocycles. The van der Waals surface area contributed by atoms with Crippen molar-refractivity contribution in [2.24, 2.45) is 0 Å². The van der Waals surface area contributed by atoms with Crippen LogP contribution in [0.4, 0.5) is 16.2 Å². The van der Waals surface area contributed by atoms with E-state index in [4.69, 9.17) is 4.74 Å². The third kappa shape index (κ3) is 4.56. The second-order valence-electron chi connectivity index (χ2n) is 6.19. The molecule has 0 saturated heterocycles. The lowest BCUT2D eigenvalue weighted by atomic mass is 10.1. The van der Waals surface area contributed by atoms with Crippen molar-refractivity contribution in [2.75, 3.05) is 17.2 Å². The largest absolute Gasteiger partial charge is 0.505 e. The van der Waals surface area contributed by atoms with Crippen molar-refractivity contribution in [3.8, 4) is 5.75 Å². The van der Waals surface area contributed by atoms with E-state index >= 15 is 0 Å². The smallest absolute Gasteiger partial charge is 0.360 e. The highest BCUT2D eigenvalue weighted by molar-refractivity contribution is 6.03. The van der Waals surface area contributed by atoms with Crippen LogP contribution in [0.25, 0.3) is 10.8 Å². The molecule has 0 atom stereocenters. The molecule has 0 aliphatic rings. The summed E-state index contributed by atoms with van der Waals surface area (Å²) in [6, 6.07) is 13.6. The fourth-order valence-electron chi connectivity index (χ4n) is 2.62. The fraction of sp³-hybridized carbons (Fsp3) is 0.190. The third-order valence-electron chi connectivity index (χ3n) is 4.08. The Morgan fingerprint density at radius 2 is 1.82 bits per heavy atom. The van der Waals surface area contributed by atoms with E-state index in [0.717, 1.165) is 12.8 Å². The van der Waals surface area contributed by atoms with Crippen LogP contribution in [0, 0.1) is 0 Å². The minimum absolute atomic E-state index is 0.144. The summed E-state index contributed by atoms with van der Waals surface area (Å²) in [6.45, 7) is 2.26. The molecule has 0 radical (unpaired) electrons. The Morgan fingerprint density at radius 1 is 1.07 bits per heavy atom. The summed E-state index contributed by atoms with van der Waals surface area (Å²) < 4.78 is 5.12. The van der Waals surface area contributed by atoms with Gasteiger partial charge in [-0.15, -0.1) is 0 Å². The van der Waals surface area contributed by atoms with Crippen LogP contribution < -0.4 is 10.6 Å². The number of hydrogen-bond donors (Lipinski definition) is 3. The van der Waals surface area contributed by atoms with Crippen LogP contribution in [0.3, 0.4) is 0 Å². The van der Waals surface area contributed by atoms with Gasteiger partial charge < -0.3 is 20.5 Å². The molecule has 0 fully saturated rings. The molecule has 2 amide bonds. The molecule has 7 heteroatoms. The van der Waals surface area contributed by atoms with Crippen molar-refractivity contribution in [3.63, 3.8) is 0 Å². The lowest BCUT2D eigenvalue weighted by Crippen LogP contribution is -2.19. The van der Waals surface area contributed by atoms with Gasteiger partial charge in [0.2, 0.25) is 0 Å². The molecule has 7 nitrogen and oxygen atoms in total. The summed E-state index contributed by atoms with van der Waals surface area (Å²) in [6.07, 6.45) is 3.12. The number of esters is 1. The first kappa shape index (κ1) is 19.2. The number of urea groups is 1. The van der Waals surface area contributed by atoms with Gasteiger partial charge in [0.05, 0.1) is 6.61 Å². The number of carbonyl (C=O) groups excluding carboxylic acids is 2. The van der Waals surface area contributed by atoms with Crippen molar-refractivity contribution in [2.45, 2.75) is 19.8 Å². The molecule has 144 valence electrons. The normalized spacial score (nSPS) is 10.5. The Kier molecular flexibility index (Phi) is 6.06. The summed E-state index contributed by atoms with van der Waals surface area (Å²) in [4.78, 5) is 28.3. The number of rotatable bonds is 6. The van der Waals surface area contributed by atoms with Crippen molar-refractivity contribution < 1.29 is 19.4 Å². The molecule has 0 unspecified atom stereocenters. The van der Waals surface area contributed by atoms with Crippen LogP contribution in [0.15, 0.2) is 54.7 Å². The van der Waals surface area contributed by atoms with Crippen LogP contribution >= 0.6 is 0 Å². The molecule has 1 heterocycles. The molecular formula is C21H21N3O4. The number of amides is 2. The Hall–Kier alpha value is -3.61. The molecule has 0 saturated carbocycles. The zero-order chi connectivity index (χ0) is 19.9. The molecule has 0 aliphatic heterocycles. The van der Waals surface area contributed by atoms with Crippen LogP contribution in [0.2, 0.25) is 0 Å². The summed E-state index contributed by atoms with van der Waals surface area (Å²) in [7, 11) is 0. The third-order valence-corrected chi connectivity index (χ3v) is 4.08. The zero-order valence-corrected chi connectivity index (χ0v) is 15.4. The Labute approximate surface area is 162 Å². The Morgan fingerprint density at radius 3 is 2.57 bits per heavy atom. The minimum atomic E-state index is -0.673. The first-order valence-electron chi connectivity index (χ1n) is 9.00. The molecule has 2 aromatic carbocycles. The predicted molar refractivity (Wildman–Crippen MR) is 108 cm³/mol. The summed E-state index contributed by atoms with van der Waals surface area (Å²) in [5.41, 5.74) is 0.979. The zero-order valence-electron chi connectivity index (χ0n) is 15.4. The topological polar surface area (TPSA) is 101 Å². The first-order chi connectivity index (χ1) is 13.6. The van der Waals surface area contributed by atoms with E-state index in [0.29, 0.717) is 22.1 Å². The predicted octanol–water partition coefficient (Wildman–Crippen LogP) is 4.54. The van der Waals surface area contributed by atoms with Crippen LogP contribution in [0.1, 0.15) is 30.3 Å². The monoisotopic (exact) mass is 379 g/mol. The number of anilines is 2. The minimum Gasteiger partial charge on any atom is -0.505 e. The maximum atomic E-state index is 12.2. The molecular weight excluding hydrogens is 358 g/mol. The fourth-order valence-corrected chi connectivity index (χ4v) is 2.62. The van der Waals surface area contributed by atoms with Gasteiger partial charge in [-0.25, -0.2) is 14.6 Å². The number of hydrogen-bond acceptors (Lipinski definition) is 5. The lowest BCUT2D eigenvalue weighted by molar-refractivity contribution is 0.0489.